The Hall–Kier alpha value is -3.11. The van der Waals surface area contributed by atoms with E-state index in [0.29, 0.717) is 59.9 Å². The first-order valence-corrected chi connectivity index (χ1v) is 15.2. The van der Waals surface area contributed by atoms with E-state index in [1.165, 1.54) is 15.9 Å². The van der Waals surface area contributed by atoms with Gasteiger partial charge < -0.3 is 13.9 Å². The maximum absolute atomic E-state index is 14.0. The van der Waals surface area contributed by atoms with Crippen molar-refractivity contribution in [2.24, 2.45) is 4.99 Å². The third-order valence-corrected chi connectivity index (χ3v) is 8.70. The Bertz CT molecular complexity index is 1860. The Kier molecular flexibility index (Phi) is 8.89. The third kappa shape index (κ3) is 5.81. The Morgan fingerprint density at radius 1 is 1.15 bits per heavy atom. The van der Waals surface area contributed by atoms with Gasteiger partial charge in [-0.05, 0) is 61.9 Å². The van der Waals surface area contributed by atoms with E-state index in [9.17, 15) is 9.59 Å². The molecule has 2 aromatic carbocycles. The van der Waals surface area contributed by atoms with Gasteiger partial charge in [-0.3, -0.25) is 9.36 Å². The first kappa shape index (κ1) is 29.4. The van der Waals surface area contributed by atoms with Crippen molar-refractivity contribution in [1.82, 2.24) is 4.57 Å². The van der Waals surface area contributed by atoms with Crippen LogP contribution in [-0.2, 0) is 9.53 Å². The number of hydrogen-bond donors (Lipinski definition) is 0. The van der Waals surface area contributed by atoms with Crippen LogP contribution in [0.4, 0.5) is 0 Å². The number of aromatic nitrogens is 1. The van der Waals surface area contributed by atoms with Gasteiger partial charge in [-0.2, -0.15) is 0 Å². The third-order valence-electron chi connectivity index (χ3n) is 6.48. The number of thiazole rings is 1. The van der Waals surface area contributed by atoms with Crippen LogP contribution in [0.5, 0.6) is 5.75 Å². The van der Waals surface area contributed by atoms with Gasteiger partial charge in [-0.15, -0.1) is 0 Å². The van der Waals surface area contributed by atoms with Crippen LogP contribution in [0.3, 0.4) is 0 Å². The highest BCUT2D eigenvalue weighted by molar-refractivity contribution is 9.10. The molecule has 1 aliphatic heterocycles. The topological polar surface area (TPSA) is 83.0 Å². The number of methoxy groups -OCH3 is 1. The molecule has 0 radical (unpaired) electrons. The number of furan rings is 1. The van der Waals surface area contributed by atoms with E-state index in [4.69, 9.17) is 42.1 Å². The van der Waals surface area contributed by atoms with Crippen molar-refractivity contribution in [2.75, 3.05) is 13.7 Å². The highest BCUT2D eigenvalue weighted by Gasteiger charge is 2.36. The summed E-state index contributed by atoms with van der Waals surface area (Å²) >= 11 is 17.0. The number of fused-ring (bicyclic) bond motifs is 1. The van der Waals surface area contributed by atoms with E-state index in [1.807, 2.05) is 25.1 Å². The molecule has 212 valence electrons. The van der Waals surface area contributed by atoms with Crippen molar-refractivity contribution >= 4 is 62.5 Å². The number of rotatable bonds is 8. The smallest absolute Gasteiger partial charge is 0.338 e. The molecule has 41 heavy (non-hydrogen) atoms. The molecule has 0 amide bonds. The Morgan fingerprint density at radius 3 is 2.66 bits per heavy atom. The fraction of sp³-hybridized carbons (Fsp3) is 0.233. The molecule has 0 fully saturated rings. The second-order valence-corrected chi connectivity index (χ2v) is 11.9. The highest BCUT2D eigenvalue weighted by atomic mass is 79.9. The van der Waals surface area contributed by atoms with E-state index >= 15 is 0 Å². The van der Waals surface area contributed by atoms with Crippen molar-refractivity contribution in [2.45, 2.75) is 32.7 Å². The van der Waals surface area contributed by atoms with Gasteiger partial charge in [-0.1, -0.05) is 63.8 Å². The summed E-state index contributed by atoms with van der Waals surface area (Å²) in [4.78, 5) is 32.7. The minimum atomic E-state index is -0.801. The highest BCUT2D eigenvalue weighted by Crippen LogP contribution is 2.38. The monoisotopic (exact) mass is 674 g/mol. The van der Waals surface area contributed by atoms with Crippen LogP contribution in [0.15, 0.2) is 78.5 Å². The second-order valence-electron chi connectivity index (χ2n) is 9.13. The van der Waals surface area contributed by atoms with Crippen molar-refractivity contribution in [3.8, 4) is 17.1 Å². The van der Waals surface area contributed by atoms with Gasteiger partial charge in [-0.25, -0.2) is 9.79 Å². The zero-order chi connectivity index (χ0) is 29.3. The first-order valence-electron chi connectivity index (χ1n) is 12.9. The molecular weight excluding hydrogens is 651 g/mol. The fourth-order valence-electron chi connectivity index (χ4n) is 4.70. The lowest BCUT2D eigenvalue weighted by Crippen LogP contribution is -2.40. The molecule has 0 N–H and O–H groups in total. The molecule has 4 aromatic rings. The van der Waals surface area contributed by atoms with Crippen LogP contribution >= 0.6 is 50.5 Å². The number of allylic oxidation sites excluding steroid dienone is 1. The summed E-state index contributed by atoms with van der Waals surface area (Å²) < 4.78 is 19.9. The van der Waals surface area contributed by atoms with E-state index < -0.39 is 12.0 Å². The lowest BCUT2D eigenvalue weighted by molar-refractivity contribution is -0.139. The number of hydrogen-bond acceptors (Lipinski definition) is 7. The maximum atomic E-state index is 14.0. The molecule has 2 aromatic heterocycles. The summed E-state index contributed by atoms with van der Waals surface area (Å²) in [6.07, 6.45) is 2.97. The largest absolute Gasteiger partial charge is 0.496 e. The molecule has 7 nitrogen and oxygen atoms in total. The van der Waals surface area contributed by atoms with E-state index in [2.05, 4.69) is 15.9 Å². The van der Waals surface area contributed by atoms with Crippen molar-refractivity contribution in [1.29, 1.82) is 0 Å². The van der Waals surface area contributed by atoms with Gasteiger partial charge in [0.05, 0.1) is 39.6 Å². The molecule has 0 spiro atoms. The summed E-state index contributed by atoms with van der Waals surface area (Å²) in [7, 11) is 1.56. The normalized spacial score (nSPS) is 15.1. The summed E-state index contributed by atoms with van der Waals surface area (Å²) in [5, 5.41) is 0.864. The summed E-state index contributed by atoms with van der Waals surface area (Å²) in [5.41, 5.74) is 1.99. The molecule has 1 aliphatic rings. The molecule has 5 rings (SSSR count). The van der Waals surface area contributed by atoms with Crippen LogP contribution < -0.4 is 19.6 Å². The van der Waals surface area contributed by atoms with Gasteiger partial charge >= 0.3 is 5.97 Å². The number of carbonyl (C=O) groups is 1. The van der Waals surface area contributed by atoms with Gasteiger partial charge in [0.15, 0.2) is 4.80 Å². The Labute approximate surface area is 258 Å². The molecule has 0 saturated heterocycles. The minimum Gasteiger partial charge on any atom is -0.496 e. The molecule has 11 heteroatoms. The number of benzene rings is 2. The first-order chi connectivity index (χ1) is 19.7. The average molecular weight is 676 g/mol. The second kappa shape index (κ2) is 12.4. The van der Waals surface area contributed by atoms with E-state index in [1.54, 1.807) is 50.4 Å². The summed E-state index contributed by atoms with van der Waals surface area (Å²) in [5.74, 6) is 1.07. The van der Waals surface area contributed by atoms with Crippen molar-refractivity contribution < 1.29 is 18.7 Å². The minimum absolute atomic E-state index is 0.189. The average Bonchev–Trinajstić information content (AvgIpc) is 3.54. The van der Waals surface area contributed by atoms with Crippen LogP contribution in [0.1, 0.15) is 44.1 Å². The fourth-order valence-corrected chi connectivity index (χ4v) is 6.38. The summed E-state index contributed by atoms with van der Waals surface area (Å²) in [6.45, 7) is 3.95. The summed E-state index contributed by atoms with van der Waals surface area (Å²) in [6, 6.07) is 13.5. The number of ether oxygens (including phenoxy) is 2. The number of carbonyl (C=O) groups excluding carboxylic acids is 1. The van der Waals surface area contributed by atoms with Gasteiger partial charge in [0.1, 0.15) is 23.3 Å². The van der Waals surface area contributed by atoms with Crippen LogP contribution in [-0.4, -0.2) is 24.3 Å². The molecule has 0 bridgehead atoms. The lowest BCUT2D eigenvalue weighted by Gasteiger charge is -2.27. The number of nitrogens with zero attached hydrogens (tertiary/aromatic N) is 2. The quantitative estimate of drug-likeness (QED) is 0.190. The van der Waals surface area contributed by atoms with Gasteiger partial charge in [0.25, 0.3) is 5.56 Å². The Morgan fingerprint density at radius 2 is 1.95 bits per heavy atom. The van der Waals surface area contributed by atoms with Crippen LogP contribution in [0, 0.1) is 0 Å². The lowest BCUT2D eigenvalue weighted by atomic mass is 9.93. The number of esters is 1. The van der Waals surface area contributed by atoms with Crippen molar-refractivity contribution in [3.05, 3.63) is 105 Å². The van der Waals surface area contributed by atoms with Crippen LogP contribution in [0.25, 0.3) is 17.4 Å². The molecule has 0 saturated carbocycles. The predicted octanol–water partition coefficient (Wildman–Crippen LogP) is 6.92. The van der Waals surface area contributed by atoms with Gasteiger partial charge in [0.2, 0.25) is 0 Å². The van der Waals surface area contributed by atoms with E-state index in [-0.39, 0.29) is 12.2 Å². The SMILES string of the molecule is CCCC1=C(C(=O)OCC)[C@H](c2cc(Br)ccc2OC)n2c(s/c(=C/c3ccc(-c4ccc(Cl)c(Cl)c4)o3)c2=O)=N1. The molecule has 0 aliphatic carbocycles. The zero-order valence-electron chi connectivity index (χ0n) is 22.4. The van der Waals surface area contributed by atoms with Crippen molar-refractivity contribution in [3.63, 3.8) is 0 Å². The standard InChI is InChI=1S/C30H25BrCl2N2O5S/c1-4-6-22-26(29(37)39-5-2)27(19-14-17(31)8-11-24(19)38-3)35-28(36)25(41-30(35)34-22)15-18-9-12-23(40-18)16-7-10-20(32)21(33)13-16/h7-15,27H,4-6H2,1-3H3/b25-15+/t27-/m0/s1. The number of halogens is 3. The Balaban J connectivity index is 1.70. The molecule has 1 atom stereocenters. The molecular formula is C30H25BrCl2N2O5S. The maximum Gasteiger partial charge on any atom is 0.338 e. The molecule has 3 heterocycles. The molecule has 0 unspecified atom stereocenters. The zero-order valence-corrected chi connectivity index (χ0v) is 26.3. The van der Waals surface area contributed by atoms with Gasteiger partial charge in [0, 0.05) is 21.7 Å². The van der Waals surface area contributed by atoms with Crippen LogP contribution in [0.2, 0.25) is 10.0 Å². The predicted molar refractivity (Wildman–Crippen MR) is 164 cm³/mol. The van der Waals surface area contributed by atoms with E-state index in [0.717, 1.165) is 16.5 Å².